The van der Waals surface area contributed by atoms with Gasteiger partial charge in [-0.2, -0.15) is 22.0 Å². The van der Waals surface area contributed by atoms with Gasteiger partial charge >= 0.3 is 18.0 Å². The van der Waals surface area contributed by atoms with E-state index in [-0.39, 0.29) is 5.69 Å². The average molecular weight is 282 g/mol. The number of hydrogen-bond acceptors (Lipinski definition) is 2. The van der Waals surface area contributed by atoms with Crippen molar-refractivity contribution in [2.75, 3.05) is 12.4 Å². The molecule has 3 nitrogen and oxygen atoms in total. The fourth-order valence-corrected chi connectivity index (χ4v) is 1.30. The maximum atomic E-state index is 12.7. The highest BCUT2D eigenvalue weighted by molar-refractivity contribution is 5.96. The molecule has 0 saturated carbocycles. The van der Waals surface area contributed by atoms with Gasteiger partial charge in [0.05, 0.1) is 0 Å². The van der Waals surface area contributed by atoms with Crippen molar-refractivity contribution in [2.24, 2.45) is 0 Å². The number of amides is 1. The van der Waals surface area contributed by atoms with Gasteiger partial charge in [-0.25, -0.2) is 0 Å². The largest absolute Gasteiger partial charge is 0.463 e. The number of hydrogen-bond donors (Lipinski definition) is 2. The lowest BCUT2D eigenvalue weighted by Gasteiger charge is -2.18. The summed E-state index contributed by atoms with van der Waals surface area (Å²) >= 11 is 0. The number of carbonyl (C=O) groups excluding carboxylic acids is 1. The number of benzene rings is 1. The summed E-state index contributed by atoms with van der Waals surface area (Å²) in [5, 5.41) is 4.33. The molecular formula is C11H11F5N2O. The van der Waals surface area contributed by atoms with Gasteiger partial charge in [0.25, 0.3) is 0 Å². The van der Waals surface area contributed by atoms with Gasteiger partial charge in [-0.05, 0) is 24.7 Å². The Kier molecular flexibility index (Phi) is 4.46. The maximum Gasteiger partial charge on any atom is 0.463 e. The van der Waals surface area contributed by atoms with E-state index in [4.69, 9.17) is 0 Å². The van der Waals surface area contributed by atoms with Crippen LogP contribution in [0, 0.1) is 0 Å². The highest BCUT2D eigenvalue weighted by Crippen LogP contribution is 2.36. The van der Waals surface area contributed by atoms with E-state index in [0.717, 1.165) is 0 Å². The number of anilines is 1. The van der Waals surface area contributed by atoms with Crippen LogP contribution in [0.25, 0.3) is 0 Å². The molecule has 0 fully saturated rings. The van der Waals surface area contributed by atoms with E-state index >= 15 is 0 Å². The van der Waals surface area contributed by atoms with Gasteiger partial charge in [-0.3, -0.25) is 4.79 Å². The predicted molar refractivity (Wildman–Crippen MR) is 58.8 cm³/mol. The molecule has 1 rings (SSSR count). The first-order chi connectivity index (χ1) is 8.68. The Labute approximate surface area is 105 Å². The molecule has 1 aromatic carbocycles. The van der Waals surface area contributed by atoms with Gasteiger partial charge in [0.1, 0.15) is 0 Å². The van der Waals surface area contributed by atoms with Crippen molar-refractivity contribution in [1.29, 1.82) is 0 Å². The van der Waals surface area contributed by atoms with Crippen LogP contribution in [0.1, 0.15) is 5.56 Å². The summed E-state index contributed by atoms with van der Waals surface area (Å²) in [6, 6.07) is 5.60. The molecule has 0 heterocycles. The Bertz CT molecular complexity index is 459. The fraction of sp³-hybridized carbons (Fsp3) is 0.364. The van der Waals surface area contributed by atoms with Crippen molar-refractivity contribution in [1.82, 2.24) is 5.32 Å². The van der Waals surface area contributed by atoms with Crippen LogP contribution in [0.15, 0.2) is 24.3 Å². The zero-order chi connectivity index (χ0) is 14.7. The van der Waals surface area contributed by atoms with Gasteiger partial charge in [-0.15, -0.1) is 0 Å². The second-order valence-electron chi connectivity index (χ2n) is 3.76. The van der Waals surface area contributed by atoms with E-state index in [9.17, 15) is 26.7 Å². The first-order valence-corrected chi connectivity index (χ1v) is 5.18. The molecule has 0 atom stereocenters. The summed E-state index contributed by atoms with van der Waals surface area (Å²) in [7, 11) is 1.64. The van der Waals surface area contributed by atoms with Crippen LogP contribution in [0.5, 0.6) is 0 Å². The van der Waals surface area contributed by atoms with Crippen molar-refractivity contribution in [2.45, 2.75) is 18.6 Å². The smallest absolute Gasteiger partial charge is 0.321 e. The Morgan fingerprint density at radius 2 is 1.84 bits per heavy atom. The lowest BCUT2D eigenvalue weighted by atomic mass is 10.2. The monoisotopic (exact) mass is 282 g/mol. The summed E-state index contributed by atoms with van der Waals surface area (Å²) in [4.78, 5) is 11.0. The molecule has 19 heavy (non-hydrogen) atoms. The molecule has 0 aliphatic rings. The minimum atomic E-state index is -5.92. The van der Waals surface area contributed by atoms with Gasteiger partial charge < -0.3 is 10.6 Å². The van der Waals surface area contributed by atoms with Crippen molar-refractivity contribution in [3.63, 3.8) is 0 Å². The highest BCUT2D eigenvalue weighted by atomic mass is 19.4. The van der Waals surface area contributed by atoms with Crippen LogP contribution in [0.4, 0.5) is 27.6 Å². The first-order valence-electron chi connectivity index (χ1n) is 5.18. The average Bonchev–Trinajstić information content (AvgIpc) is 2.28. The van der Waals surface area contributed by atoms with Crippen LogP contribution in [0.3, 0.4) is 0 Å². The number of nitrogens with one attached hydrogen (secondary N) is 2. The van der Waals surface area contributed by atoms with Crippen LogP contribution in [-0.2, 0) is 11.3 Å². The standard InChI is InChI=1S/C11H11F5N2O/c1-17-6-7-3-2-4-8(5-7)18-9(19)10(12,13)11(14,15)16/h2-5,17H,6H2,1H3,(H,18,19). The molecule has 8 heteroatoms. The lowest BCUT2D eigenvalue weighted by molar-refractivity contribution is -0.267. The van der Waals surface area contributed by atoms with Crippen molar-refractivity contribution < 1.29 is 26.7 Å². The zero-order valence-electron chi connectivity index (χ0n) is 9.81. The van der Waals surface area contributed by atoms with Gasteiger partial charge in [-0.1, -0.05) is 12.1 Å². The van der Waals surface area contributed by atoms with E-state index in [1.807, 2.05) is 0 Å². The van der Waals surface area contributed by atoms with E-state index in [1.54, 1.807) is 18.4 Å². The molecule has 0 aromatic heterocycles. The normalized spacial score (nSPS) is 12.3. The Morgan fingerprint density at radius 3 is 2.37 bits per heavy atom. The van der Waals surface area contributed by atoms with E-state index in [0.29, 0.717) is 12.1 Å². The highest BCUT2D eigenvalue weighted by Gasteiger charge is 2.63. The summed E-state index contributed by atoms with van der Waals surface area (Å²) in [6.45, 7) is 0.388. The molecule has 2 N–H and O–H groups in total. The SMILES string of the molecule is CNCc1cccc(NC(=O)C(F)(F)C(F)(F)F)c1. The maximum absolute atomic E-state index is 12.7. The zero-order valence-corrected chi connectivity index (χ0v) is 9.81. The molecule has 0 aliphatic carbocycles. The molecule has 106 valence electrons. The van der Waals surface area contributed by atoms with Crippen LogP contribution in [0.2, 0.25) is 0 Å². The second-order valence-corrected chi connectivity index (χ2v) is 3.76. The summed E-state index contributed by atoms with van der Waals surface area (Å²) in [5.41, 5.74) is 0.511. The number of halogens is 5. The third-order valence-corrected chi connectivity index (χ3v) is 2.21. The third kappa shape index (κ3) is 3.63. The quantitative estimate of drug-likeness (QED) is 0.833. The Hall–Kier alpha value is -1.70. The van der Waals surface area contributed by atoms with Crippen LogP contribution < -0.4 is 10.6 Å². The molecule has 1 aromatic rings. The Morgan fingerprint density at radius 1 is 1.21 bits per heavy atom. The van der Waals surface area contributed by atoms with Gasteiger partial charge in [0.2, 0.25) is 0 Å². The number of carbonyl (C=O) groups is 1. The first kappa shape index (κ1) is 15.4. The minimum absolute atomic E-state index is 0.123. The van der Waals surface area contributed by atoms with Crippen LogP contribution >= 0.6 is 0 Å². The van der Waals surface area contributed by atoms with E-state index < -0.39 is 18.0 Å². The number of alkyl halides is 5. The molecule has 0 spiro atoms. The summed E-state index contributed by atoms with van der Waals surface area (Å²) in [6.07, 6.45) is -5.92. The molecule has 0 bridgehead atoms. The summed E-state index contributed by atoms with van der Waals surface area (Å²) < 4.78 is 61.3. The Balaban J connectivity index is 2.85. The minimum Gasteiger partial charge on any atom is -0.321 e. The molecular weight excluding hydrogens is 271 g/mol. The van der Waals surface area contributed by atoms with Gasteiger partial charge in [0, 0.05) is 12.2 Å². The summed E-state index contributed by atoms with van der Waals surface area (Å²) in [5.74, 6) is -7.83. The molecule has 0 saturated heterocycles. The fourth-order valence-electron chi connectivity index (χ4n) is 1.30. The predicted octanol–water partition coefficient (Wildman–Crippen LogP) is 2.54. The molecule has 0 radical (unpaired) electrons. The van der Waals surface area contributed by atoms with E-state index in [1.165, 1.54) is 18.2 Å². The second kappa shape index (κ2) is 5.52. The van der Waals surface area contributed by atoms with E-state index in [2.05, 4.69) is 5.32 Å². The van der Waals surface area contributed by atoms with Crippen LogP contribution in [-0.4, -0.2) is 25.1 Å². The van der Waals surface area contributed by atoms with Crippen molar-refractivity contribution in [3.8, 4) is 0 Å². The van der Waals surface area contributed by atoms with Crippen molar-refractivity contribution in [3.05, 3.63) is 29.8 Å². The number of rotatable bonds is 4. The molecule has 0 aliphatic heterocycles. The molecule has 0 unspecified atom stereocenters. The lowest BCUT2D eigenvalue weighted by Crippen LogP contribution is -2.47. The topological polar surface area (TPSA) is 41.1 Å². The van der Waals surface area contributed by atoms with Crippen molar-refractivity contribution >= 4 is 11.6 Å². The molecule has 1 amide bonds. The third-order valence-electron chi connectivity index (χ3n) is 2.21. The van der Waals surface area contributed by atoms with Gasteiger partial charge in [0.15, 0.2) is 0 Å².